The Balaban J connectivity index is 1.43. The van der Waals surface area contributed by atoms with Gasteiger partial charge in [-0.15, -0.1) is 0 Å². The standard InChI is InChI=1S/C25H18F2N4O2/c1-15-21(22(30-33-15)16-7-3-2-4-8-16)24(32)28-18-13-11-17(12-14-18)23-29-19-9-5-6-10-20(19)31(23)25(26)27/h2-14,25H,1H3,(H,28,32). The van der Waals surface area contributed by atoms with Gasteiger partial charge in [0.25, 0.3) is 5.91 Å². The molecule has 0 aliphatic rings. The van der Waals surface area contributed by atoms with Crippen LogP contribution in [0.5, 0.6) is 0 Å². The third-order valence-electron chi connectivity index (χ3n) is 5.33. The van der Waals surface area contributed by atoms with Crippen LogP contribution in [-0.2, 0) is 0 Å². The lowest BCUT2D eigenvalue weighted by molar-refractivity contribution is 0.0764. The van der Waals surface area contributed by atoms with Gasteiger partial charge in [-0.05, 0) is 43.3 Å². The van der Waals surface area contributed by atoms with Crippen LogP contribution in [0.25, 0.3) is 33.7 Å². The number of alkyl halides is 2. The first kappa shape index (κ1) is 20.6. The van der Waals surface area contributed by atoms with E-state index in [4.69, 9.17) is 4.52 Å². The van der Waals surface area contributed by atoms with E-state index < -0.39 is 6.55 Å². The number of halogens is 2. The highest BCUT2D eigenvalue weighted by atomic mass is 19.3. The molecule has 3 aromatic carbocycles. The molecule has 2 aromatic heterocycles. The molecule has 0 bridgehead atoms. The summed E-state index contributed by atoms with van der Waals surface area (Å²) in [6.07, 6.45) is 0. The third kappa shape index (κ3) is 3.76. The predicted octanol–water partition coefficient (Wildman–Crippen LogP) is 6.31. The van der Waals surface area contributed by atoms with E-state index >= 15 is 0 Å². The van der Waals surface area contributed by atoms with E-state index in [1.54, 1.807) is 55.5 Å². The second kappa shape index (κ2) is 8.31. The molecule has 5 aromatic rings. The number of carbonyl (C=O) groups is 1. The monoisotopic (exact) mass is 444 g/mol. The molecule has 0 unspecified atom stereocenters. The number of imidazole rings is 1. The summed E-state index contributed by atoms with van der Waals surface area (Å²) in [4.78, 5) is 17.3. The number of para-hydroxylation sites is 2. The summed E-state index contributed by atoms with van der Waals surface area (Å²) in [6.45, 7) is -1.06. The van der Waals surface area contributed by atoms with Crippen LogP contribution in [0.3, 0.4) is 0 Å². The van der Waals surface area contributed by atoms with E-state index in [1.165, 1.54) is 0 Å². The Morgan fingerprint density at radius 3 is 2.36 bits per heavy atom. The molecule has 2 heterocycles. The van der Waals surface area contributed by atoms with E-state index in [1.807, 2.05) is 30.3 Å². The molecular formula is C25H18F2N4O2. The second-order valence-corrected chi connectivity index (χ2v) is 7.43. The van der Waals surface area contributed by atoms with Crippen LogP contribution < -0.4 is 5.32 Å². The second-order valence-electron chi connectivity index (χ2n) is 7.43. The van der Waals surface area contributed by atoms with Crippen LogP contribution in [0.1, 0.15) is 22.7 Å². The van der Waals surface area contributed by atoms with Gasteiger partial charge in [0.15, 0.2) is 0 Å². The highest BCUT2D eigenvalue weighted by Crippen LogP contribution is 2.31. The Bertz CT molecular complexity index is 1440. The highest BCUT2D eigenvalue weighted by molar-refractivity contribution is 6.08. The number of hydrogen-bond acceptors (Lipinski definition) is 4. The number of nitrogens with zero attached hydrogens (tertiary/aromatic N) is 3. The summed E-state index contributed by atoms with van der Waals surface area (Å²) in [5.41, 5.74) is 3.41. The lowest BCUT2D eigenvalue weighted by Gasteiger charge is -2.09. The molecular weight excluding hydrogens is 426 g/mol. The molecule has 0 spiro atoms. The van der Waals surface area contributed by atoms with Crippen molar-refractivity contribution in [2.24, 2.45) is 0 Å². The number of nitrogens with one attached hydrogen (secondary N) is 1. The average molecular weight is 444 g/mol. The summed E-state index contributed by atoms with van der Waals surface area (Å²) < 4.78 is 33.7. The number of carbonyl (C=O) groups excluding carboxylic acids is 1. The van der Waals surface area contributed by atoms with Crippen LogP contribution in [0.15, 0.2) is 83.4 Å². The van der Waals surface area contributed by atoms with Gasteiger partial charge in [0.05, 0.1) is 11.0 Å². The molecule has 5 rings (SSSR count). The van der Waals surface area contributed by atoms with Crippen molar-refractivity contribution in [2.45, 2.75) is 13.5 Å². The van der Waals surface area contributed by atoms with Gasteiger partial charge in [0.2, 0.25) is 0 Å². The zero-order valence-corrected chi connectivity index (χ0v) is 17.5. The van der Waals surface area contributed by atoms with Crippen molar-refractivity contribution in [3.63, 3.8) is 0 Å². The molecule has 8 heteroatoms. The number of anilines is 1. The van der Waals surface area contributed by atoms with Crippen LogP contribution in [0, 0.1) is 6.92 Å². The summed E-state index contributed by atoms with van der Waals surface area (Å²) in [5, 5.41) is 6.86. The van der Waals surface area contributed by atoms with Gasteiger partial charge in [-0.25, -0.2) is 4.98 Å². The lowest BCUT2D eigenvalue weighted by atomic mass is 10.1. The molecule has 0 aliphatic carbocycles. The van der Waals surface area contributed by atoms with Crippen LogP contribution in [0.4, 0.5) is 14.5 Å². The Labute approximate surface area is 187 Å². The summed E-state index contributed by atoms with van der Waals surface area (Å²) in [6, 6.07) is 22.6. The van der Waals surface area contributed by atoms with Gasteiger partial charge in [-0.2, -0.15) is 8.78 Å². The molecule has 1 N–H and O–H groups in total. The summed E-state index contributed by atoms with van der Waals surface area (Å²) >= 11 is 0. The molecule has 0 fully saturated rings. The highest BCUT2D eigenvalue weighted by Gasteiger charge is 2.22. The smallest absolute Gasteiger partial charge is 0.320 e. The minimum atomic E-state index is -2.74. The summed E-state index contributed by atoms with van der Waals surface area (Å²) in [5.74, 6) is 0.180. The largest absolute Gasteiger partial charge is 0.360 e. The van der Waals surface area contributed by atoms with Gasteiger partial charge < -0.3 is 9.84 Å². The molecule has 0 atom stereocenters. The van der Waals surface area contributed by atoms with Crippen molar-refractivity contribution in [1.29, 1.82) is 0 Å². The van der Waals surface area contributed by atoms with Crippen molar-refractivity contribution in [3.05, 3.63) is 90.2 Å². The van der Waals surface area contributed by atoms with Gasteiger partial charge in [0, 0.05) is 16.8 Å². The minimum absolute atomic E-state index is 0.158. The maximum absolute atomic E-state index is 13.8. The SMILES string of the molecule is Cc1onc(-c2ccccc2)c1C(=O)Nc1ccc(-c2nc3ccccc3n2C(F)F)cc1. The normalized spacial score (nSPS) is 11.3. The van der Waals surface area contributed by atoms with Gasteiger partial charge >= 0.3 is 6.55 Å². The molecule has 1 amide bonds. The van der Waals surface area contributed by atoms with Gasteiger partial charge in [0.1, 0.15) is 22.8 Å². The molecule has 0 aliphatic heterocycles. The van der Waals surface area contributed by atoms with Gasteiger partial charge in [-0.1, -0.05) is 47.6 Å². The number of aryl methyl sites for hydroxylation is 1. The van der Waals surface area contributed by atoms with Crippen LogP contribution in [-0.4, -0.2) is 20.6 Å². The first-order valence-corrected chi connectivity index (χ1v) is 10.2. The van der Waals surface area contributed by atoms with E-state index in [2.05, 4.69) is 15.5 Å². The van der Waals surface area contributed by atoms with Crippen molar-refractivity contribution < 1.29 is 18.1 Å². The quantitative estimate of drug-likeness (QED) is 0.345. The van der Waals surface area contributed by atoms with Crippen molar-refractivity contribution in [3.8, 4) is 22.6 Å². The van der Waals surface area contributed by atoms with E-state index in [0.717, 1.165) is 10.1 Å². The maximum Gasteiger partial charge on any atom is 0.320 e. The zero-order chi connectivity index (χ0) is 22.9. The number of hydrogen-bond donors (Lipinski definition) is 1. The maximum atomic E-state index is 13.8. The zero-order valence-electron chi connectivity index (χ0n) is 17.5. The third-order valence-corrected chi connectivity index (χ3v) is 5.33. The molecule has 164 valence electrons. The molecule has 33 heavy (non-hydrogen) atoms. The Hall–Kier alpha value is -4.33. The topological polar surface area (TPSA) is 73.0 Å². The Kier molecular flexibility index (Phi) is 5.18. The number of benzene rings is 3. The number of rotatable bonds is 5. The number of fused-ring (bicyclic) bond motifs is 1. The van der Waals surface area contributed by atoms with Crippen molar-refractivity contribution >= 4 is 22.6 Å². The first-order chi connectivity index (χ1) is 16.0. The molecule has 6 nitrogen and oxygen atoms in total. The van der Waals surface area contributed by atoms with Crippen molar-refractivity contribution in [1.82, 2.24) is 14.7 Å². The molecule has 0 saturated carbocycles. The lowest BCUT2D eigenvalue weighted by Crippen LogP contribution is -2.13. The molecule has 0 saturated heterocycles. The molecule has 0 radical (unpaired) electrons. The number of aromatic nitrogens is 3. The Morgan fingerprint density at radius 1 is 0.939 bits per heavy atom. The van der Waals surface area contributed by atoms with Crippen LogP contribution in [0.2, 0.25) is 0 Å². The predicted molar refractivity (Wildman–Crippen MR) is 121 cm³/mol. The number of amides is 1. The fourth-order valence-corrected chi connectivity index (χ4v) is 3.77. The average Bonchev–Trinajstić information content (AvgIpc) is 3.41. The fraction of sp³-hybridized carbons (Fsp3) is 0.0800. The van der Waals surface area contributed by atoms with E-state index in [-0.39, 0.29) is 11.7 Å². The van der Waals surface area contributed by atoms with E-state index in [0.29, 0.717) is 39.3 Å². The van der Waals surface area contributed by atoms with Gasteiger partial charge in [-0.3, -0.25) is 9.36 Å². The minimum Gasteiger partial charge on any atom is -0.360 e. The Morgan fingerprint density at radius 2 is 1.64 bits per heavy atom. The first-order valence-electron chi connectivity index (χ1n) is 10.2. The van der Waals surface area contributed by atoms with E-state index in [9.17, 15) is 13.6 Å². The fourth-order valence-electron chi connectivity index (χ4n) is 3.77. The summed E-state index contributed by atoms with van der Waals surface area (Å²) in [7, 11) is 0. The van der Waals surface area contributed by atoms with Crippen molar-refractivity contribution in [2.75, 3.05) is 5.32 Å². The van der Waals surface area contributed by atoms with Crippen LogP contribution >= 0.6 is 0 Å².